The van der Waals surface area contributed by atoms with Crippen molar-refractivity contribution in [2.75, 3.05) is 32.8 Å². The molecule has 0 bridgehead atoms. The Bertz CT molecular complexity index is 2290. The molecule has 0 unspecified atom stereocenters. The van der Waals surface area contributed by atoms with E-state index in [1.807, 2.05) is 31.2 Å². The zero-order valence-corrected chi connectivity index (χ0v) is 33.7. The van der Waals surface area contributed by atoms with E-state index in [-0.39, 0.29) is 33.8 Å². The minimum atomic E-state index is -1.44. The van der Waals surface area contributed by atoms with Crippen LogP contribution in [0.5, 0.6) is 23.1 Å². The second kappa shape index (κ2) is 18.6. The third-order valence-corrected chi connectivity index (χ3v) is 10.4. The van der Waals surface area contributed by atoms with Crippen LogP contribution in [-0.4, -0.2) is 71.7 Å². The van der Waals surface area contributed by atoms with E-state index in [2.05, 4.69) is 34.1 Å². The van der Waals surface area contributed by atoms with Gasteiger partial charge in [-0.2, -0.15) is 0 Å². The van der Waals surface area contributed by atoms with Crippen LogP contribution in [-0.2, 0) is 43.4 Å². The molecule has 2 aliphatic heterocycles. The van der Waals surface area contributed by atoms with E-state index in [4.69, 9.17) is 35.3 Å². The second-order valence-electron chi connectivity index (χ2n) is 14.4. The summed E-state index contributed by atoms with van der Waals surface area (Å²) in [7, 11) is 0. The quantitative estimate of drug-likeness (QED) is 0.0620. The number of cyclic esters (lactones) is 2. The fourth-order valence-corrected chi connectivity index (χ4v) is 7.10. The van der Waals surface area contributed by atoms with Crippen molar-refractivity contribution in [3.05, 3.63) is 153 Å². The molecule has 4 aromatic carbocycles. The van der Waals surface area contributed by atoms with Crippen molar-refractivity contribution < 1.29 is 42.5 Å². The number of halogens is 2. The number of pyridine rings is 1. The molecule has 7 rings (SSSR count). The van der Waals surface area contributed by atoms with Crippen LogP contribution >= 0.6 is 11.6 Å². The Kier molecular flexibility index (Phi) is 12.9. The van der Waals surface area contributed by atoms with Gasteiger partial charge in [-0.15, -0.1) is 0 Å². The van der Waals surface area contributed by atoms with Crippen LogP contribution in [0.25, 0.3) is 5.57 Å². The Labute approximate surface area is 346 Å². The molecule has 2 fully saturated rings. The molecule has 2 aliphatic rings. The van der Waals surface area contributed by atoms with Crippen LogP contribution in [0.1, 0.15) is 40.3 Å². The summed E-state index contributed by atoms with van der Waals surface area (Å²) in [5.41, 5.74) is 5.97. The number of piperazine rings is 1. The average Bonchev–Trinajstić information content (AvgIpc) is 3.57. The monoisotopic (exact) mass is 819 g/mol. The van der Waals surface area contributed by atoms with Crippen LogP contribution in [0.15, 0.2) is 109 Å². The average molecular weight is 820 g/mol. The molecule has 1 amide bonds. The number of hydrogen-bond acceptors (Lipinski definition) is 10. The zero-order chi connectivity index (χ0) is 41.5. The first-order valence-electron chi connectivity index (χ1n) is 19.2. The van der Waals surface area contributed by atoms with Crippen molar-refractivity contribution in [2.45, 2.75) is 46.6 Å². The lowest BCUT2D eigenvalue weighted by Gasteiger charge is -2.35. The highest BCUT2D eigenvalue weighted by Gasteiger charge is 2.40. The van der Waals surface area contributed by atoms with Crippen molar-refractivity contribution in [3.8, 4) is 23.1 Å². The van der Waals surface area contributed by atoms with Crippen molar-refractivity contribution >= 4 is 35.0 Å². The topological polar surface area (TPSA) is 117 Å². The fourth-order valence-electron chi connectivity index (χ4n) is 6.79. The largest absolute Gasteiger partial charge is 0.493 e. The number of amides is 1. The molecule has 2 saturated heterocycles. The van der Waals surface area contributed by atoms with Crippen LogP contribution in [0.2, 0.25) is 5.02 Å². The number of ether oxygens (including phenoxy) is 5. The Balaban J connectivity index is 0.980. The molecular weight excluding hydrogens is 777 g/mol. The highest BCUT2D eigenvalue weighted by Crippen LogP contribution is 2.38. The maximum Gasteiger partial charge on any atom is 0.420 e. The number of aryl methyl sites for hydroxylation is 2. The third kappa shape index (κ3) is 10.4. The van der Waals surface area contributed by atoms with Crippen LogP contribution < -0.4 is 14.2 Å². The van der Waals surface area contributed by atoms with E-state index in [0.717, 1.165) is 23.2 Å². The molecule has 304 valence electrons. The van der Waals surface area contributed by atoms with Gasteiger partial charge < -0.3 is 28.6 Å². The molecule has 0 saturated carbocycles. The van der Waals surface area contributed by atoms with Crippen LogP contribution in [0.4, 0.5) is 4.39 Å². The summed E-state index contributed by atoms with van der Waals surface area (Å²) in [5, 5.41) is 0.204. The summed E-state index contributed by atoms with van der Waals surface area (Å²) < 4.78 is 41.4. The molecule has 0 N–H and O–H groups in total. The summed E-state index contributed by atoms with van der Waals surface area (Å²) in [6.07, 6.45) is 0.845. The Morgan fingerprint density at radius 1 is 0.814 bits per heavy atom. The van der Waals surface area contributed by atoms with Gasteiger partial charge in [0.2, 0.25) is 11.8 Å². The van der Waals surface area contributed by atoms with Gasteiger partial charge in [-0.3, -0.25) is 9.69 Å². The Hall–Kier alpha value is -6.24. The van der Waals surface area contributed by atoms with Gasteiger partial charge in [0.1, 0.15) is 23.9 Å². The maximum absolute atomic E-state index is 14.0. The van der Waals surface area contributed by atoms with Gasteiger partial charge >= 0.3 is 11.9 Å². The molecule has 0 spiro atoms. The molecule has 0 atom stereocenters. The summed E-state index contributed by atoms with van der Waals surface area (Å²) in [4.78, 5) is 46.8. The van der Waals surface area contributed by atoms with E-state index in [0.29, 0.717) is 74.2 Å². The minimum Gasteiger partial charge on any atom is -0.493 e. The smallest absolute Gasteiger partial charge is 0.420 e. The number of aromatic nitrogens is 1. The van der Waals surface area contributed by atoms with Gasteiger partial charge in [-0.05, 0) is 91.1 Å². The number of carbonyl (C=O) groups excluding carboxylic acids is 3. The molecule has 5 aromatic rings. The number of hydrogen-bond donors (Lipinski definition) is 0. The van der Waals surface area contributed by atoms with Crippen molar-refractivity contribution in [1.29, 1.82) is 0 Å². The lowest BCUT2D eigenvalue weighted by Crippen LogP contribution is -2.48. The van der Waals surface area contributed by atoms with Crippen molar-refractivity contribution in [1.82, 2.24) is 14.8 Å². The Morgan fingerprint density at radius 2 is 1.46 bits per heavy atom. The normalized spacial score (nSPS) is 15.0. The van der Waals surface area contributed by atoms with E-state index < -0.39 is 18.2 Å². The highest BCUT2D eigenvalue weighted by atomic mass is 35.5. The Morgan fingerprint density at radius 3 is 2.10 bits per heavy atom. The van der Waals surface area contributed by atoms with Gasteiger partial charge in [0, 0.05) is 56.4 Å². The van der Waals surface area contributed by atoms with Gasteiger partial charge in [0.25, 0.3) is 6.29 Å². The standard InChI is InChI=1S/C46H43ClFN3O8/c1-29-4-6-34(7-5-29)28-56-38-16-17-40(49-26-38)57-42-30(2)24-35(25-39(42)47)41(46-58-44(53)45(54)59-46)31(3)43(52)51-21-19-50(20-22-51)27-33-10-8-32(9-11-33)18-23-55-37-14-12-36(48)13-15-37/h4-17,24-26,46H,18-23,27-28H2,1-3H3/b41-31+. The summed E-state index contributed by atoms with van der Waals surface area (Å²) in [5.74, 6) is -1.05. The zero-order valence-electron chi connectivity index (χ0n) is 32.9. The minimum absolute atomic E-state index is 0.204. The molecule has 0 radical (unpaired) electrons. The fraction of sp³-hybridized carbons (Fsp3) is 0.261. The third-order valence-electron chi connectivity index (χ3n) is 10.1. The van der Waals surface area contributed by atoms with Crippen LogP contribution in [0.3, 0.4) is 0 Å². The summed E-state index contributed by atoms with van der Waals surface area (Å²) in [6.45, 7) is 9.22. The number of benzene rings is 4. The van der Waals surface area contributed by atoms with Gasteiger partial charge in [0.15, 0.2) is 5.75 Å². The van der Waals surface area contributed by atoms with Gasteiger partial charge in [0.05, 0.1) is 17.8 Å². The predicted molar refractivity (Wildman–Crippen MR) is 218 cm³/mol. The lowest BCUT2D eigenvalue weighted by molar-refractivity contribution is -0.150. The molecule has 1 aromatic heterocycles. The number of carbonyl (C=O) groups is 3. The first-order chi connectivity index (χ1) is 28.5. The second-order valence-corrected chi connectivity index (χ2v) is 14.8. The van der Waals surface area contributed by atoms with E-state index in [1.54, 1.807) is 61.3 Å². The predicted octanol–water partition coefficient (Wildman–Crippen LogP) is 8.03. The van der Waals surface area contributed by atoms with E-state index in [1.165, 1.54) is 17.7 Å². The first-order valence-corrected chi connectivity index (χ1v) is 19.6. The molecule has 0 aliphatic carbocycles. The maximum atomic E-state index is 14.0. The summed E-state index contributed by atoms with van der Waals surface area (Å²) >= 11 is 6.79. The van der Waals surface area contributed by atoms with Gasteiger partial charge in [-0.1, -0.05) is 65.7 Å². The SMILES string of the molecule is C/C(C(=O)N1CCN(Cc2ccc(CCOc3ccc(F)cc3)cc2)CC1)=C(/c1cc(C)c(Oc2ccc(OCc3ccc(C)cc3)cn2)c(Cl)c1)C1OC(=O)C(=O)O1. The molecule has 13 heteroatoms. The molecule has 59 heavy (non-hydrogen) atoms. The molecular formula is C46H43ClFN3O8. The van der Waals surface area contributed by atoms with Gasteiger partial charge in [-0.25, -0.2) is 19.0 Å². The summed E-state index contributed by atoms with van der Waals surface area (Å²) in [6, 6.07) is 29.1. The van der Waals surface area contributed by atoms with Crippen molar-refractivity contribution in [2.24, 2.45) is 0 Å². The molecule has 11 nitrogen and oxygen atoms in total. The van der Waals surface area contributed by atoms with Crippen LogP contribution in [0, 0.1) is 19.7 Å². The lowest BCUT2D eigenvalue weighted by atomic mass is 9.97. The van der Waals surface area contributed by atoms with E-state index in [9.17, 15) is 18.8 Å². The van der Waals surface area contributed by atoms with E-state index >= 15 is 0 Å². The number of rotatable bonds is 14. The number of esters is 2. The number of nitrogens with zero attached hydrogens (tertiary/aromatic N) is 3. The first kappa shape index (κ1) is 40.9. The van der Waals surface area contributed by atoms with Crippen molar-refractivity contribution in [3.63, 3.8) is 0 Å². The highest BCUT2D eigenvalue weighted by molar-refractivity contribution is 6.33. The molecule has 3 heterocycles.